The largest absolute Gasteiger partial charge is 0.484 e. The van der Waals surface area contributed by atoms with Crippen LogP contribution in [0.5, 0.6) is 5.75 Å². The van der Waals surface area contributed by atoms with Gasteiger partial charge < -0.3 is 9.64 Å². The lowest BCUT2D eigenvalue weighted by Crippen LogP contribution is -2.30. The zero-order chi connectivity index (χ0) is 14.5. The van der Waals surface area contributed by atoms with Gasteiger partial charge in [-0.2, -0.15) is 5.10 Å². The van der Waals surface area contributed by atoms with Gasteiger partial charge in [0, 0.05) is 25.4 Å². The Balaban J connectivity index is 1.88. The van der Waals surface area contributed by atoms with E-state index in [2.05, 4.69) is 16.3 Å². The number of aromatic amines is 1. The minimum absolute atomic E-state index is 0.0389. The number of likely N-dealkylation sites (N-methyl/N-ethyl adjacent to an activating group) is 1. The van der Waals surface area contributed by atoms with Crippen molar-refractivity contribution < 1.29 is 9.53 Å². The lowest BCUT2D eigenvalue weighted by molar-refractivity contribution is -0.132. The van der Waals surface area contributed by atoms with E-state index in [1.165, 1.54) is 0 Å². The van der Waals surface area contributed by atoms with E-state index in [-0.39, 0.29) is 12.5 Å². The second-order valence-electron chi connectivity index (χ2n) is 4.97. The first-order valence-corrected chi connectivity index (χ1v) is 6.47. The minimum Gasteiger partial charge on any atom is -0.484 e. The number of nitrogens with zero attached hydrogens (tertiary/aromatic N) is 2. The van der Waals surface area contributed by atoms with Gasteiger partial charge in [0.25, 0.3) is 5.91 Å². The highest BCUT2D eigenvalue weighted by molar-refractivity contribution is 5.77. The topological polar surface area (TPSA) is 58.2 Å². The number of carbonyl (C=O) groups is 1. The molecule has 5 nitrogen and oxygen atoms in total. The number of nitrogens with one attached hydrogen (secondary N) is 1. The van der Waals surface area contributed by atoms with Crippen molar-refractivity contribution in [1.82, 2.24) is 15.1 Å². The van der Waals surface area contributed by atoms with Gasteiger partial charge in [0.1, 0.15) is 5.75 Å². The average molecular weight is 273 g/mol. The van der Waals surface area contributed by atoms with Gasteiger partial charge in [-0.15, -0.1) is 0 Å². The number of aryl methyl sites for hydroxylation is 2. The molecule has 2 rings (SSSR count). The van der Waals surface area contributed by atoms with Crippen LogP contribution in [0.3, 0.4) is 0 Å². The molecule has 106 valence electrons. The van der Waals surface area contributed by atoms with Crippen LogP contribution >= 0.6 is 0 Å². The van der Waals surface area contributed by atoms with Gasteiger partial charge in [0.15, 0.2) is 6.61 Å². The predicted octanol–water partition coefficient (Wildman–Crippen LogP) is 2.06. The molecule has 1 amide bonds. The van der Waals surface area contributed by atoms with Crippen molar-refractivity contribution in [3.63, 3.8) is 0 Å². The van der Waals surface area contributed by atoms with E-state index in [9.17, 15) is 4.79 Å². The summed E-state index contributed by atoms with van der Waals surface area (Å²) < 4.78 is 5.56. The van der Waals surface area contributed by atoms with Crippen LogP contribution in [-0.4, -0.2) is 34.7 Å². The normalized spacial score (nSPS) is 10.3. The SMILES string of the molecule is Cc1cc(C)cc(OCC(=O)N(C)Cc2cn[nH]c2)c1. The van der Waals surface area contributed by atoms with Crippen molar-refractivity contribution in [2.24, 2.45) is 0 Å². The molecule has 1 N–H and O–H groups in total. The molecular formula is C15H19N3O2. The van der Waals surface area contributed by atoms with E-state index >= 15 is 0 Å². The summed E-state index contributed by atoms with van der Waals surface area (Å²) in [5, 5.41) is 6.58. The fourth-order valence-electron chi connectivity index (χ4n) is 2.00. The van der Waals surface area contributed by atoms with Crippen molar-refractivity contribution in [1.29, 1.82) is 0 Å². The van der Waals surface area contributed by atoms with Gasteiger partial charge >= 0.3 is 0 Å². The maximum absolute atomic E-state index is 12.0. The number of rotatable bonds is 5. The number of benzene rings is 1. The molecule has 0 saturated carbocycles. The Labute approximate surface area is 118 Å². The lowest BCUT2D eigenvalue weighted by atomic mass is 10.1. The van der Waals surface area contributed by atoms with Crippen LogP contribution in [0.4, 0.5) is 0 Å². The predicted molar refractivity (Wildman–Crippen MR) is 76.5 cm³/mol. The summed E-state index contributed by atoms with van der Waals surface area (Å²) in [4.78, 5) is 13.6. The molecule has 0 aliphatic carbocycles. The summed E-state index contributed by atoms with van der Waals surface area (Å²) in [6.07, 6.45) is 3.48. The summed E-state index contributed by atoms with van der Waals surface area (Å²) >= 11 is 0. The summed E-state index contributed by atoms with van der Waals surface area (Å²) in [6.45, 7) is 4.57. The van der Waals surface area contributed by atoms with E-state index < -0.39 is 0 Å². The summed E-state index contributed by atoms with van der Waals surface area (Å²) in [5.74, 6) is 0.665. The second kappa shape index (κ2) is 6.23. The Kier molecular flexibility index (Phi) is 4.40. The molecule has 5 heteroatoms. The molecule has 0 saturated heterocycles. The molecule has 1 aromatic heterocycles. The third kappa shape index (κ3) is 3.85. The van der Waals surface area contributed by atoms with Gasteiger partial charge in [0.05, 0.1) is 6.20 Å². The number of carbonyl (C=O) groups excluding carboxylic acids is 1. The number of H-pyrrole nitrogens is 1. The van der Waals surface area contributed by atoms with Crippen LogP contribution in [0, 0.1) is 13.8 Å². The smallest absolute Gasteiger partial charge is 0.260 e. The summed E-state index contributed by atoms with van der Waals surface area (Å²) in [7, 11) is 1.75. The van der Waals surface area contributed by atoms with E-state index in [0.29, 0.717) is 6.54 Å². The van der Waals surface area contributed by atoms with Crippen molar-refractivity contribution in [3.8, 4) is 5.75 Å². The molecule has 1 heterocycles. The fraction of sp³-hybridized carbons (Fsp3) is 0.333. The number of amides is 1. The number of hydrogen-bond acceptors (Lipinski definition) is 3. The van der Waals surface area contributed by atoms with Gasteiger partial charge in [-0.05, 0) is 37.1 Å². The van der Waals surface area contributed by atoms with Gasteiger partial charge in [0.2, 0.25) is 0 Å². The van der Waals surface area contributed by atoms with Crippen molar-refractivity contribution in [2.45, 2.75) is 20.4 Å². The number of ether oxygens (including phenoxy) is 1. The maximum atomic E-state index is 12.0. The molecule has 0 aliphatic heterocycles. The number of hydrogen-bond donors (Lipinski definition) is 1. The molecule has 0 unspecified atom stereocenters. The first-order valence-electron chi connectivity index (χ1n) is 6.47. The monoisotopic (exact) mass is 273 g/mol. The fourth-order valence-corrected chi connectivity index (χ4v) is 2.00. The molecule has 0 atom stereocenters. The lowest BCUT2D eigenvalue weighted by Gasteiger charge is -2.16. The highest BCUT2D eigenvalue weighted by Crippen LogP contribution is 2.16. The van der Waals surface area contributed by atoms with Crippen LogP contribution in [-0.2, 0) is 11.3 Å². The first kappa shape index (κ1) is 14.1. The third-order valence-corrected chi connectivity index (χ3v) is 2.96. The van der Waals surface area contributed by atoms with E-state index in [0.717, 1.165) is 22.4 Å². The van der Waals surface area contributed by atoms with Crippen LogP contribution < -0.4 is 4.74 Å². The highest BCUT2D eigenvalue weighted by atomic mass is 16.5. The first-order chi connectivity index (χ1) is 9.54. The Morgan fingerprint density at radius 1 is 1.30 bits per heavy atom. The summed E-state index contributed by atoms with van der Waals surface area (Å²) in [5.41, 5.74) is 3.21. The van der Waals surface area contributed by atoms with Crippen LogP contribution in [0.2, 0.25) is 0 Å². The van der Waals surface area contributed by atoms with E-state index in [1.54, 1.807) is 24.3 Å². The number of aromatic nitrogens is 2. The zero-order valence-electron chi connectivity index (χ0n) is 12.0. The molecule has 0 spiro atoms. The second-order valence-corrected chi connectivity index (χ2v) is 4.97. The zero-order valence-corrected chi connectivity index (χ0v) is 12.0. The molecule has 2 aromatic rings. The van der Waals surface area contributed by atoms with Gasteiger partial charge in [-0.3, -0.25) is 9.89 Å². The molecular weight excluding hydrogens is 254 g/mol. The molecule has 0 radical (unpaired) electrons. The van der Waals surface area contributed by atoms with Crippen molar-refractivity contribution in [3.05, 3.63) is 47.3 Å². The highest BCUT2D eigenvalue weighted by Gasteiger charge is 2.11. The quantitative estimate of drug-likeness (QED) is 0.907. The Hall–Kier alpha value is -2.30. The van der Waals surface area contributed by atoms with Crippen molar-refractivity contribution >= 4 is 5.91 Å². The standard InChI is InChI=1S/C15H19N3O2/c1-11-4-12(2)6-14(5-11)20-10-15(19)18(3)9-13-7-16-17-8-13/h4-8H,9-10H2,1-3H3,(H,16,17). The van der Waals surface area contributed by atoms with E-state index in [4.69, 9.17) is 4.74 Å². The van der Waals surface area contributed by atoms with Gasteiger partial charge in [-0.1, -0.05) is 6.07 Å². The van der Waals surface area contributed by atoms with E-state index in [1.807, 2.05) is 26.0 Å². The molecule has 20 heavy (non-hydrogen) atoms. The molecule has 0 bridgehead atoms. The Morgan fingerprint density at radius 3 is 2.60 bits per heavy atom. The Morgan fingerprint density at radius 2 is 2.00 bits per heavy atom. The summed E-state index contributed by atoms with van der Waals surface area (Å²) in [6, 6.07) is 5.92. The molecule has 0 fully saturated rings. The van der Waals surface area contributed by atoms with Crippen molar-refractivity contribution in [2.75, 3.05) is 13.7 Å². The van der Waals surface area contributed by atoms with Crippen LogP contribution in [0.25, 0.3) is 0 Å². The third-order valence-electron chi connectivity index (χ3n) is 2.96. The van der Waals surface area contributed by atoms with Crippen LogP contribution in [0.15, 0.2) is 30.6 Å². The maximum Gasteiger partial charge on any atom is 0.260 e. The minimum atomic E-state index is -0.0645. The van der Waals surface area contributed by atoms with Crippen LogP contribution in [0.1, 0.15) is 16.7 Å². The average Bonchev–Trinajstić information content (AvgIpc) is 2.87. The van der Waals surface area contributed by atoms with Gasteiger partial charge in [-0.25, -0.2) is 0 Å². The molecule has 1 aromatic carbocycles. The Bertz CT molecular complexity index is 559. The molecule has 0 aliphatic rings.